The third-order valence-electron chi connectivity index (χ3n) is 3.58. The first-order chi connectivity index (χ1) is 12.0. The molecule has 0 unspecified atom stereocenters. The van der Waals surface area contributed by atoms with Gasteiger partial charge in [-0.15, -0.1) is 0 Å². The Morgan fingerprint density at radius 1 is 1.20 bits per heavy atom. The van der Waals surface area contributed by atoms with E-state index in [1.165, 1.54) is 19.3 Å². The highest BCUT2D eigenvalue weighted by molar-refractivity contribution is 6.12. The quantitative estimate of drug-likeness (QED) is 0.628. The Bertz CT molecular complexity index is 889. The van der Waals surface area contributed by atoms with Crippen LogP contribution in [0.25, 0.3) is 6.08 Å². The van der Waals surface area contributed by atoms with Crippen LogP contribution in [0.3, 0.4) is 0 Å². The van der Waals surface area contributed by atoms with Gasteiger partial charge in [-0.3, -0.25) is 0 Å². The van der Waals surface area contributed by atoms with Crippen molar-refractivity contribution in [1.82, 2.24) is 0 Å². The average Bonchev–Trinajstić information content (AvgIpc) is 3.17. The standard InChI is InChI=1S/C18H15NO6/c1-10-14(17(20)23-3)8-13(24-10)9-15-18(21)25-16(19-15)11-4-6-12(22-2)7-5-11/h4-9H,1-3H3/b15-9+. The highest BCUT2D eigenvalue weighted by atomic mass is 16.6. The second-order valence-corrected chi connectivity index (χ2v) is 5.17. The molecular formula is C18H15NO6. The molecule has 25 heavy (non-hydrogen) atoms. The van der Waals surface area contributed by atoms with E-state index >= 15 is 0 Å². The van der Waals surface area contributed by atoms with Crippen molar-refractivity contribution in [3.05, 3.63) is 58.7 Å². The van der Waals surface area contributed by atoms with E-state index in [0.29, 0.717) is 28.4 Å². The van der Waals surface area contributed by atoms with Gasteiger partial charge in [0.2, 0.25) is 5.90 Å². The second-order valence-electron chi connectivity index (χ2n) is 5.17. The number of cyclic esters (lactones) is 1. The monoisotopic (exact) mass is 341 g/mol. The lowest BCUT2D eigenvalue weighted by molar-refractivity contribution is -0.129. The molecule has 0 bridgehead atoms. The minimum atomic E-state index is -0.598. The first kappa shape index (κ1) is 16.5. The lowest BCUT2D eigenvalue weighted by Crippen LogP contribution is -2.05. The zero-order chi connectivity index (χ0) is 18.0. The minimum Gasteiger partial charge on any atom is -0.497 e. The summed E-state index contributed by atoms with van der Waals surface area (Å²) in [4.78, 5) is 27.8. The van der Waals surface area contributed by atoms with Crippen molar-refractivity contribution in [3.63, 3.8) is 0 Å². The number of carbonyl (C=O) groups excluding carboxylic acids is 2. The molecule has 0 saturated carbocycles. The zero-order valence-electron chi connectivity index (χ0n) is 13.9. The van der Waals surface area contributed by atoms with Crippen molar-refractivity contribution < 1.29 is 28.2 Å². The van der Waals surface area contributed by atoms with E-state index in [2.05, 4.69) is 9.73 Å². The number of furan rings is 1. The number of rotatable bonds is 4. The molecule has 0 fully saturated rings. The van der Waals surface area contributed by atoms with Gasteiger partial charge in [-0.25, -0.2) is 14.6 Å². The van der Waals surface area contributed by atoms with E-state index in [-0.39, 0.29) is 11.6 Å². The van der Waals surface area contributed by atoms with E-state index in [1.807, 2.05) is 0 Å². The number of esters is 2. The number of methoxy groups -OCH3 is 2. The maximum Gasteiger partial charge on any atom is 0.363 e. The van der Waals surface area contributed by atoms with E-state index in [9.17, 15) is 9.59 Å². The van der Waals surface area contributed by atoms with Crippen LogP contribution in [-0.4, -0.2) is 32.1 Å². The Morgan fingerprint density at radius 2 is 1.92 bits per heavy atom. The number of aliphatic imine (C=N–C) groups is 1. The van der Waals surface area contributed by atoms with Crippen LogP contribution in [0, 0.1) is 6.92 Å². The Labute approximate surface area is 143 Å². The Balaban J connectivity index is 1.89. The zero-order valence-corrected chi connectivity index (χ0v) is 13.9. The van der Waals surface area contributed by atoms with Gasteiger partial charge >= 0.3 is 11.9 Å². The fourth-order valence-corrected chi connectivity index (χ4v) is 2.29. The first-order valence-electron chi connectivity index (χ1n) is 7.37. The number of hydrogen-bond acceptors (Lipinski definition) is 7. The van der Waals surface area contributed by atoms with Gasteiger partial charge in [0.25, 0.3) is 0 Å². The first-order valence-corrected chi connectivity index (χ1v) is 7.37. The van der Waals surface area contributed by atoms with Gasteiger partial charge in [0.05, 0.1) is 14.2 Å². The predicted molar refractivity (Wildman–Crippen MR) is 88.4 cm³/mol. The Morgan fingerprint density at radius 3 is 2.56 bits per heavy atom. The molecule has 0 aliphatic carbocycles. The third-order valence-corrected chi connectivity index (χ3v) is 3.58. The van der Waals surface area contributed by atoms with Gasteiger partial charge in [0, 0.05) is 11.6 Å². The molecular weight excluding hydrogens is 326 g/mol. The normalized spacial score (nSPS) is 15.1. The van der Waals surface area contributed by atoms with Gasteiger partial charge in [-0.2, -0.15) is 0 Å². The van der Waals surface area contributed by atoms with Crippen LogP contribution in [0.2, 0.25) is 0 Å². The lowest BCUT2D eigenvalue weighted by atomic mass is 10.2. The summed E-state index contributed by atoms with van der Waals surface area (Å²) in [6.45, 7) is 1.63. The summed E-state index contributed by atoms with van der Waals surface area (Å²) in [5.41, 5.74) is 1.01. The summed E-state index contributed by atoms with van der Waals surface area (Å²) in [6, 6.07) is 8.45. The molecule has 128 valence electrons. The Kier molecular flexibility index (Phi) is 4.38. The van der Waals surface area contributed by atoms with E-state index in [4.69, 9.17) is 13.9 Å². The van der Waals surface area contributed by atoms with Crippen LogP contribution in [0.4, 0.5) is 0 Å². The molecule has 0 radical (unpaired) electrons. The fraction of sp³-hybridized carbons (Fsp3) is 0.167. The van der Waals surface area contributed by atoms with Crippen LogP contribution < -0.4 is 4.74 Å². The van der Waals surface area contributed by atoms with E-state index in [0.717, 1.165) is 0 Å². The third kappa shape index (κ3) is 3.30. The molecule has 7 heteroatoms. The van der Waals surface area contributed by atoms with Gasteiger partial charge in [0.1, 0.15) is 22.8 Å². The molecule has 0 amide bonds. The van der Waals surface area contributed by atoms with E-state index < -0.39 is 11.9 Å². The summed E-state index contributed by atoms with van der Waals surface area (Å²) in [5, 5.41) is 0. The van der Waals surface area contributed by atoms with Gasteiger partial charge in [-0.05, 0) is 37.3 Å². The number of carbonyl (C=O) groups is 2. The van der Waals surface area contributed by atoms with Gasteiger partial charge < -0.3 is 18.6 Å². The molecule has 0 atom stereocenters. The van der Waals surface area contributed by atoms with E-state index in [1.54, 1.807) is 38.3 Å². The molecule has 1 aromatic carbocycles. The number of ether oxygens (including phenoxy) is 3. The molecule has 1 aliphatic rings. The maximum absolute atomic E-state index is 12.0. The van der Waals surface area contributed by atoms with Crippen LogP contribution >= 0.6 is 0 Å². The lowest BCUT2D eigenvalue weighted by Gasteiger charge is -2.01. The topological polar surface area (TPSA) is 87.3 Å². The fourth-order valence-electron chi connectivity index (χ4n) is 2.29. The summed E-state index contributed by atoms with van der Waals surface area (Å²) in [7, 11) is 2.85. The number of aryl methyl sites for hydroxylation is 1. The summed E-state index contributed by atoms with van der Waals surface area (Å²) >= 11 is 0. The summed E-state index contributed by atoms with van der Waals surface area (Å²) in [5.74, 6) is 0.469. The van der Waals surface area contributed by atoms with Crippen molar-refractivity contribution in [2.75, 3.05) is 14.2 Å². The van der Waals surface area contributed by atoms with Crippen LogP contribution in [-0.2, 0) is 14.3 Å². The highest BCUT2D eigenvalue weighted by Gasteiger charge is 2.25. The van der Waals surface area contributed by atoms with Crippen LogP contribution in [0.5, 0.6) is 5.75 Å². The maximum atomic E-state index is 12.0. The minimum absolute atomic E-state index is 0.0796. The van der Waals surface area contributed by atoms with Crippen molar-refractivity contribution >= 4 is 23.9 Å². The summed E-state index contributed by atoms with van der Waals surface area (Å²) < 4.78 is 20.4. The van der Waals surface area contributed by atoms with Crippen molar-refractivity contribution in [3.8, 4) is 5.75 Å². The van der Waals surface area contributed by atoms with Crippen LogP contribution in [0.15, 0.2) is 45.4 Å². The average molecular weight is 341 g/mol. The molecule has 1 aliphatic heterocycles. The number of nitrogens with zero attached hydrogens (tertiary/aromatic N) is 1. The number of benzene rings is 1. The molecule has 1 aromatic heterocycles. The largest absolute Gasteiger partial charge is 0.497 e. The van der Waals surface area contributed by atoms with Crippen LogP contribution in [0.1, 0.15) is 27.4 Å². The number of hydrogen-bond donors (Lipinski definition) is 0. The molecule has 3 rings (SSSR count). The smallest absolute Gasteiger partial charge is 0.363 e. The van der Waals surface area contributed by atoms with Gasteiger partial charge in [0.15, 0.2) is 5.70 Å². The summed E-state index contributed by atoms with van der Waals surface area (Å²) in [6.07, 6.45) is 1.41. The molecule has 0 N–H and O–H groups in total. The molecule has 2 aromatic rings. The van der Waals surface area contributed by atoms with Crippen molar-refractivity contribution in [2.24, 2.45) is 4.99 Å². The molecule has 0 saturated heterocycles. The Hall–Kier alpha value is -3.35. The van der Waals surface area contributed by atoms with Crippen molar-refractivity contribution in [1.29, 1.82) is 0 Å². The SMILES string of the molecule is COC(=O)c1cc(/C=C2/N=C(c3ccc(OC)cc3)OC2=O)oc1C. The molecule has 7 nitrogen and oxygen atoms in total. The second kappa shape index (κ2) is 6.64. The highest BCUT2D eigenvalue weighted by Crippen LogP contribution is 2.23. The van der Waals surface area contributed by atoms with Crippen molar-refractivity contribution in [2.45, 2.75) is 6.92 Å². The van der Waals surface area contributed by atoms with Gasteiger partial charge in [-0.1, -0.05) is 0 Å². The predicted octanol–water partition coefficient (Wildman–Crippen LogP) is 2.73. The molecule has 2 heterocycles. The molecule has 0 spiro atoms.